The number of hydroxylamine groups is 2. The van der Waals surface area contributed by atoms with Crippen LogP contribution in [0.1, 0.15) is 40.5 Å². The molecular formula is C15H21Br2NO2. The first-order valence-electron chi connectivity index (χ1n) is 6.73. The topological polar surface area (TPSA) is 32.7 Å². The summed E-state index contributed by atoms with van der Waals surface area (Å²) in [5, 5.41) is 12.1. The van der Waals surface area contributed by atoms with Crippen LogP contribution >= 0.6 is 31.9 Å². The molecule has 0 bridgehead atoms. The Bertz CT molecular complexity index is 485. The van der Waals surface area contributed by atoms with E-state index in [2.05, 4.69) is 59.6 Å². The van der Waals surface area contributed by atoms with Gasteiger partial charge in [-0.05, 0) is 74.7 Å². The molecule has 1 aliphatic rings. The fraction of sp³-hybridized carbons (Fsp3) is 0.600. The summed E-state index contributed by atoms with van der Waals surface area (Å²) in [6.45, 7) is 8.40. The molecule has 0 atom stereocenters. The maximum atomic E-state index is 10.1. The van der Waals surface area contributed by atoms with Crippen LogP contribution in [-0.2, 0) is 0 Å². The Hall–Kier alpha value is -0.100. The number of rotatable bonds is 2. The van der Waals surface area contributed by atoms with Crippen LogP contribution in [0.3, 0.4) is 0 Å². The highest BCUT2D eigenvalue weighted by Crippen LogP contribution is 2.40. The van der Waals surface area contributed by atoms with Crippen molar-refractivity contribution in [3.05, 3.63) is 27.1 Å². The second kappa shape index (κ2) is 5.59. The van der Waals surface area contributed by atoms with E-state index in [1.54, 1.807) is 0 Å². The van der Waals surface area contributed by atoms with Gasteiger partial charge in [0.2, 0.25) is 0 Å². The lowest BCUT2D eigenvalue weighted by atomic mass is 9.80. The van der Waals surface area contributed by atoms with E-state index < -0.39 is 0 Å². The molecule has 0 unspecified atom stereocenters. The molecule has 1 fully saturated rings. The lowest BCUT2D eigenvalue weighted by molar-refractivity contribution is -0.234. The van der Waals surface area contributed by atoms with Gasteiger partial charge in [0.25, 0.3) is 0 Å². The van der Waals surface area contributed by atoms with Crippen molar-refractivity contribution in [2.75, 3.05) is 0 Å². The van der Waals surface area contributed by atoms with E-state index in [1.807, 2.05) is 23.3 Å². The lowest BCUT2D eigenvalue weighted by Crippen LogP contribution is -2.63. The van der Waals surface area contributed by atoms with Crippen molar-refractivity contribution in [3.63, 3.8) is 0 Å². The van der Waals surface area contributed by atoms with E-state index in [0.717, 1.165) is 14.7 Å². The first-order chi connectivity index (χ1) is 9.12. The average molecular weight is 407 g/mol. The molecule has 0 aliphatic carbocycles. The number of hydrogen-bond donors (Lipinski definition) is 1. The first-order valence-corrected chi connectivity index (χ1v) is 8.32. The van der Waals surface area contributed by atoms with Crippen molar-refractivity contribution in [2.24, 2.45) is 0 Å². The third kappa shape index (κ3) is 3.38. The summed E-state index contributed by atoms with van der Waals surface area (Å²) in [6, 6.07) is 5.86. The van der Waals surface area contributed by atoms with Crippen LogP contribution in [0.15, 0.2) is 27.1 Å². The Balaban J connectivity index is 2.30. The number of halogens is 2. The zero-order chi connectivity index (χ0) is 15.1. The summed E-state index contributed by atoms with van der Waals surface area (Å²) < 4.78 is 1.91. The average Bonchev–Trinajstić information content (AvgIpc) is 2.23. The molecule has 3 nitrogen and oxygen atoms in total. The van der Waals surface area contributed by atoms with Crippen molar-refractivity contribution in [2.45, 2.75) is 57.7 Å². The largest absolute Gasteiger partial charge is 0.404 e. The third-order valence-corrected chi connectivity index (χ3v) is 4.77. The zero-order valence-corrected chi connectivity index (χ0v) is 15.5. The highest BCUT2D eigenvalue weighted by atomic mass is 79.9. The maximum Gasteiger partial charge on any atom is 0.161 e. The molecular weight excluding hydrogens is 386 g/mol. The van der Waals surface area contributed by atoms with E-state index in [4.69, 9.17) is 4.84 Å². The molecule has 1 aromatic rings. The van der Waals surface area contributed by atoms with Crippen molar-refractivity contribution in [3.8, 4) is 5.75 Å². The monoisotopic (exact) mass is 405 g/mol. The van der Waals surface area contributed by atoms with Gasteiger partial charge in [0.1, 0.15) is 0 Å². The van der Waals surface area contributed by atoms with Gasteiger partial charge in [0.15, 0.2) is 5.75 Å². The summed E-state index contributed by atoms with van der Waals surface area (Å²) in [4.78, 5) is 6.17. The summed E-state index contributed by atoms with van der Waals surface area (Å²) >= 11 is 6.97. The Morgan fingerprint density at radius 2 is 1.70 bits per heavy atom. The molecule has 0 spiro atoms. The standard InChI is InChI=1S/C15H21Br2NO2/c1-14(2)8-11(19)9-15(3,4)18(14)20-13-6-5-10(16)7-12(13)17/h5-7,11,19H,8-9H2,1-4H3. The number of aliphatic hydroxyl groups excluding tert-OH is 1. The maximum absolute atomic E-state index is 10.1. The SMILES string of the molecule is CC1(C)CC(O)CC(C)(C)N1Oc1ccc(Br)cc1Br. The number of piperidine rings is 1. The Morgan fingerprint density at radius 1 is 1.15 bits per heavy atom. The van der Waals surface area contributed by atoms with Crippen LogP contribution in [0.2, 0.25) is 0 Å². The fourth-order valence-electron chi connectivity index (χ4n) is 3.11. The minimum Gasteiger partial charge on any atom is -0.404 e. The molecule has 1 heterocycles. The van der Waals surface area contributed by atoms with Crippen molar-refractivity contribution in [1.29, 1.82) is 0 Å². The van der Waals surface area contributed by atoms with Gasteiger partial charge in [0, 0.05) is 4.47 Å². The molecule has 1 N–H and O–H groups in total. The van der Waals surface area contributed by atoms with Crippen LogP contribution in [0, 0.1) is 0 Å². The second-order valence-electron chi connectivity index (χ2n) is 6.65. The van der Waals surface area contributed by atoms with Crippen LogP contribution in [-0.4, -0.2) is 27.4 Å². The molecule has 112 valence electrons. The Morgan fingerprint density at radius 3 is 2.20 bits per heavy atom. The number of nitrogens with zero attached hydrogens (tertiary/aromatic N) is 1. The predicted molar refractivity (Wildman–Crippen MR) is 87.7 cm³/mol. The summed E-state index contributed by atoms with van der Waals surface area (Å²) in [5.74, 6) is 0.783. The van der Waals surface area contributed by atoms with Crippen LogP contribution in [0.5, 0.6) is 5.75 Å². The molecule has 5 heteroatoms. The molecule has 2 rings (SSSR count). The van der Waals surface area contributed by atoms with Crippen LogP contribution in [0.4, 0.5) is 0 Å². The van der Waals surface area contributed by atoms with Crippen LogP contribution < -0.4 is 4.84 Å². The third-order valence-electron chi connectivity index (χ3n) is 3.65. The minimum atomic E-state index is -0.284. The van der Waals surface area contributed by atoms with Crippen molar-refractivity contribution in [1.82, 2.24) is 5.06 Å². The highest BCUT2D eigenvalue weighted by Gasteiger charge is 2.47. The van der Waals surface area contributed by atoms with Gasteiger partial charge < -0.3 is 9.94 Å². The molecule has 20 heavy (non-hydrogen) atoms. The van der Waals surface area contributed by atoms with Gasteiger partial charge >= 0.3 is 0 Å². The number of hydrogen-bond acceptors (Lipinski definition) is 3. The van der Waals surface area contributed by atoms with Gasteiger partial charge in [-0.15, -0.1) is 5.06 Å². The molecule has 1 saturated heterocycles. The predicted octanol–water partition coefficient (Wildman–Crippen LogP) is 4.52. The Labute approximate surface area is 137 Å². The zero-order valence-electron chi connectivity index (χ0n) is 12.3. The van der Waals surface area contributed by atoms with E-state index in [0.29, 0.717) is 12.8 Å². The number of aliphatic hydroxyl groups is 1. The molecule has 0 radical (unpaired) electrons. The highest BCUT2D eigenvalue weighted by molar-refractivity contribution is 9.11. The van der Waals surface area contributed by atoms with Gasteiger partial charge in [-0.3, -0.25) is 0 Å². The van der Waals surface area contributed by atoms with E-state index in [1.165, 1.54) is 0 Å². The van der Waals surface area contributed by atoms with Gasteiger partial charge in [-0.1, -0.05) is 15.9 Å². The van der Waals surface area contributed by atoms with E-state index >= 15 is 0 Å². The smallest absolute Gasteiger partial charge is 0.161 e. The molecule has 0 amide bonds. The molecule has 1 aliphatic heterocycles. The first kappa shape index (κ1) is 16.3. The van der Waals surface area contributed by atoms with Crippen molar-refractivity contribution < 1.29 is 9.94 Å². The van der Waals surface area contributed by atoms with E-state index in [9.17, 15) is 5.11 Å². The Kier molecular flexibility index (Phi) is 4.55. The number of benzene rings is 1. The normalized spacial score (nSPS) is 22.8. The lowest BCUT2D eigenvalue weighted by Gasteiger charge is -2.52. The molecule has 1 aromatic carbocycles. The van der Waals surface area contributed by atoms with Gasteiger partial charge in [-0.25, -0.2) is 0 Å². The second-order valence-corrected chi connectivity index (χ2v) is 8.42. The summed E-state index contributed by atoms with van der Waals surface area (Å²) in [5.41, 5.74) is -0.457. The minimum absolute atomic E-state index is 0.228. The fourth-order valence-corrected chi connectivity index (χ4v) is 4.22. The summed E-state index contributed by atoms with van der Waals surface area (Å²) in [7, 11) is 0. The quantitative estimate of drug-likeness (QED) is 0.783. The van der Waals surface area contributed by atoms with Crippen LogP contribution in [0.25, 0.3) is 0 Å². The molecule has 0 aromatic heterocycles. The summed E-state index contributed by atoms with van der Waals surface area (Å²) in [6.07, 6.45) is 1.11. The molecule has 0 saturated carbocycles. The van der Waals surface area contributed by atoms with Crippen molar-refractivity contribution >= 4 is 31.9 Å². The van der Waals surface area contributed by atoms with Gasteiger partial charge in [-0.2, -0.15) is 0 Å². The van der Waals surface area contributed by atoms with Gasteiger partial charge in [0.05, 0.1) is 21.7 Å². The van der Waals surface area contributed by atoms with E-state index in [-0.39, 0.29) is 17.2 Å².